The molecule has 1 heterocycles. The van der Waals surface area contributed by atoms with E-state index in [1.165, 1.54) is 11.0 Å². The molecule has 0 saturated heterocycles. The predicted octanol–water partition coefficient (Wildman–Crippen LogP) is 0.578. The molecule has 0 aliphatic rings. The molecule has 21 heavy (non-hydrogen) atoms. The number of nitrogens with zero attached hydrogens (tertiary/aromatic N) is 3. The van der Waals surface area contributed by atoms with Gasteiger partial charge >= 0.3 is 0 Å². The predicted molar refractivity (Wildman–Crippen MR) is 72.4 cm³/mol. The number of rotatable bonds is 5. The van der Waals surface area contributed by atoms with Crippen LogP contribution in [0.4, 0.5) is 4.39 Å². The van der Waals surface area contributed by atoms with Gasteiger partial charge < -0.3 is 5.11 Å². The largest absolute Gasteiger partial charge is 0.392 e. The molecular formula is C11H12ClFN4O3S. The van der Waals surface area contributed by atoms with E-state index in [9.17, 15) is 12.8 Å². The molecule has 0 bridgehead atoms. The average Bonchev–Trinajstić information content (AvgIpc) is 2.85. The lowest BCUT2D eigenvalue weighted by Gasteiger charge is -2.08. The number of nitrogens with one attached hydrogen (secondary N) is 1. The van der Waals surface area contributed by atoms with E-state index in [2.05, 4.69) is 14.8 Å². The van der Waals surface area contributed by atoms with E-state index in [1.54, 1.807) is 7.05 Å². The van der Waals surface area contributed by atoms with Crippen LogP contribution in [-0.4, -0.2) is 28.3 Å². The third-order valence-electron chi connectivity index (χ3n) is 2.63. The summed E-state index contributed by atoms with van der Waals surface area (Å²) in [7, 11) is -2.32. The van der Waals surface area contributed by atoms with Crippen molar-refractivity contribution in [3.05, 3.63) is 40.7 Å². The number of aromatic nitrogens is 3. The summed E-state index contributed by atoms with van der Waals surface area (Å²) >= 11 is 5.62. The molecule has 1 aromatic heterocycles. The zero-order valence-electron chi connectivity index (χ0n) is 10.9. The van der Waals surface area contributed by atoms with Gasteiger partial charge in [-0.15, -0.1) is 0 Å². The molecule has 114 valence electrons. The van der Waals surface area contributed by atoms with Crippen molar-refractivity contribution in [1.82, 2.24) is 19.5 Å². The highest BCUT2D eigenvalue weighted by Gasteiger charge is 2.19. The molecule has 2 aromatic rings. The van der Waals surface area contributed by atoms with Crippen molar-refractivity contribution in [2.24, 2.45) is 7.05 Å². The van der Waals surface area contributed by atoms with Crippen LogP contribution >= 0.6 is 11.6 Å². The van der Waals surface area contributed by atoms with Crippen molar-refractivity contribution in [1.29, 1.82) is 0 Å². The zero-order valence-corrected chi connectivity index (χ0v) is 12.5. The molecular weight excluding hydrogens is 323 g/mol. The van der Waals surface area contributed by atoms with Crippen molar-refractivity contribution < 1.29 is 17.9 Å². The van der Waals surface area contributed by atoms with Crippen LogP contribution in [0, 0.1) is 5.82 Å². The van der Waals surface area contributed by atoms with Gasteiger partial charge in [-0.3, -0.25) is 4.68 Å². The van der Waals surface area contributed by atoms with Crippen molar-refractivity contribution >= 4 is 21.6 Å². The number of aliphatic hydroxyl groups is 1. The van der Waals surface area contributed by atoms with E-state index in [0.717, 1.165) is 12.1 Å². The smallest absolute Gasteiger partial charge is 0.241 e. The van der Waals surface area contributed by atoms with Gasteiger partial charge in [0.2, 0.25) is 10.0 Å². The normalized spacial score (nSPS) is 11.8. The number of benzene rings is 1. The lowest BCUT2D eigenvalue weighted by atomic mass is 10.2. The number of aryl methyl sites for hydroxylation is 1. The maximum Gasteiger partial charge on any atom is 0.241 e. The van der Waals surface area contributed by atoms with E-state index in [-0.39, 0.29) is 27.9 Å². The summed E-state index contributed by atoms with van der Waals surface area (Å²) < 4.78 is 41.4. The van der Waals surface area contributed by atoms with E-state index in [0.29, 0.717) is 0 Å². The molecule has 0 fully saturated rings. The summed E-state index contributed by atoms with van der Waals surface area (Å²) in [5.74, 6) is -0.641. The minimum Gasteiger partial charge on any atom is -0.392 e. The molecule has 2 N–H and O–H groups in total. The van der Waals surface area contributed by atoms with E-state index >= 15 is 0 Å². The van der Waals surface area contributed by atoms with Gasteiger partial charge in [-0.25, -0.2) is 22.5 Å². The summed E-state index contributed by atoms with van der Waals surface area (Å²) in [6.07, 6.45) is 1.43. The van der Waals surface area contributed by atoms with Crippen LogP contribution in [0.3, 0.4) is 0 Å². The van der Waals surface area contributed by atoms with Gasteiger partial charge in [-0.05, 0) is 12.1 Å². The molecule has 1 aromatic carbocycles. The van der Waals surface area contributed by atoms with Crippen molar-refractivity contribution in [2.45, 2.75) is 18.0 Å². The number of hydrogen-bond acceptors (Lipinski definition) is 5. The molecule has 0 unspecified atom stereocenters. The van der Waals surface area contributed by atoms with E-state index < -0.39 is 22.4 Å². The summed E-state index contributed by atoms with van der Waals surface area (Å²) in [6, 6.07) is 1.90. The average molecular weight is 335 g/mol. The Morgan fingerprint density at radius 3 is 2.76 bits per heavy atom. The van der Waals surface area contributed by atoms with E-state index in [4.69, 9.17) is 16.7 Å². The zero-order chi connectivity index (χ0) is 15.6. The number of sulfonamides is 1. The van der Waals surface area contributed by atoms with Crippen molar-refractivity contribution in [2.75, 3.05) is 0 Å². The van der Waals surface area contributed by atoms with Gasteiger partial charge in [0, 0.05) is 12.6 Å². The van der Waals surface area contributed by atoms with Crippen LogP contribution in [0.1, 0.15) is 11.4 Å². The Balaban J connectivity index is 2.25. The maximum absolute atomic E-state index is 13.6. The van der Waals surface area contributed by atoms with Crippen LogP contribution in [0.15, 0.2) is 23.4 Å². The summed E-state index contributed by atoms with van der Waals surface area (Å²) in [5, 5.41) is 12.7. The second-order valence-corrected chi connectivity index (χ2v) is 6.34. The molecule has 0 spiro atoms. The van der Waals surface area contributed by atoms with Gasteiger partial charge in [0.05, 0.1) is 23.1 Å². The first kappa shape index (κ1) is 15.8. The van der Waals surface area contributed by atoms with Crippen LogP contribution in [0.2, 0.25) is 5.02 Å². The Morgan fingerprint density at radius 1 is 1.48 bits per heavy atom. The first-order valence-corrected chi connectivity index (χ1v) is 7.62. The van der Waals surface area contributed by atoms with Crippen LogP contribution in [0.5, 0.6) is 0 Å². The van der Waals surface area contributed by atoms with Crippen molar-refractivity contribution in [3.63, 3.8) is 0 Å². The fourth-order valence-corrected chi connectivity index (χ4v) is 2.81. The van der Waals surface area contributed by atoms with E-state index in [1.807, 2.05) is 0 Å². The van der Waals surface area contributed by atoms with Crippen LogP contribution < -0.4 is 4.72 Å². The number of aliphatic hydroxyl groups excluding tert-OH is 1. The third kappa shape index (κ3) is 3.56. The van der Waals surface area contributed by atoms with Gasteiger partial charge in [-0.1, -0.05) is 11.6 Å². The highest BCUT2D eigenvalue weighted by molar-refractivity contribution is 7.89. The molecule has 0 amide bonds. The molecule has 7 nitrogen and oxygen atoms in total. The summed E-state index contributed by atoms with van der Waals surface area (Å²) in [6.45, 7) is -0.706. The number of hydrogen-bond donors (Lipinski definition) is 2. The monoisotopic (exact) mass is 334 g/mol. The Hall–Kier alpha value is -1.55. The number of halogens is 2. The molecule has 10 heteroatoms. The Kier molecular flexibility index (Phi) is 4.57. The van der Waals surface area contributed by atoms with Crippen LogP contribution in [-0.2, 0) is 30.2 Å². The molecule has 0 saturated carbocycles. The standard InChI is InChI=1S/C11H12ClFN4O3S/c1-17-6-14-10(16-17)4-15-21(19,20)8-2-7(5-18)11(12)9(13)3-8/h2-3,6,15,18H,4-5H2,1H3. The van der Waals surface area contributed by atoms with Crippen molar-refractivity contribution in [3.8, 4) is 0 Å². The lowest BCUT2D eigenvalue weighted by molar-refractivity contribution is 0.281. The Bertz CT molecular complexity index is 763. The molecule has 0 atom stereocenters. The highest BCUT2D eigenvalue weighted by Crippen LogP contribution is 2.24. The maximum atomic E-state index is 13.6. The SMILES string of the molecule is Cn1cnc(CNS(=O)(=O)c2cc(F)c(Cl)c(CO)c2)n1. The Morgan fingerprint density at radius 2 is 2.19 bits per heavy atom. The third-order valence-corrected chi connectivity index (χ3v) is 4.43. The van der Waals surface area contributed by atoms with Gasteiger partial charge in [0.25, 0.3) is 0 Å². The fourth-order valence-electron chi connectivity index (χ4n) is 1.60. The quantitative estimate of drug-likeness (QED) is 0.833. The fraction of sp³-hybridized carbons (Fsp3) is 0.273. The molecule has 2 rings (SSSR count). The second kappa shape index (κ2) is 6.06. The first-order valence-electron chi connectivity index (χ1n) is 5.76. The summed E-state index contributed by atoms with van der Waals surface area (Å²) in [4.78, 5) is 3.54. The minimum absolute atomic E-state index is 0.00648. The first-order chi connectivity index (χ1) is 9.83. The lowest BCUT2D eigenvalue weighted by Crippen LogP contribution is -2.24. The summed E-state index contributed by atoms with van der Waals surface area (Å²) in [5.41, 5.74) is -0.00648. The highest BCUT2D eigenvalue weighted by atomic mass is 35.5. The molecule has 0 aliphatic carbocycles. The van der Waals surface area contributed by atoms with Gasteiger partial charge in [-0.2, -0.15) is 5.10 Å². The van der Waals surface area contributed by atoms with Crippen LogP contribution in [0.25, 0.3) is 0 Å². The second-order valence-electron chi connectivity index (χ2n) is 4.20. The molecule has 0 aliphatic heterocycles. The molecule has 0 radical (unpaired) electrons. The topological polar surface area (TPSA) is 97.1 Å². The Labute approximate surface area is 125 Å². The van der Waals surface area contributed by atoms with Gasteiger partial charge in [0.1, 0.15) is 12.1 Å². The minimum atomic E-state index is -3.97. The van der Waals surface area contributed by atoms with Gasteiger partial charge in [0.15, 0.2) is 5.82 Å².